The van der Waals surface area contributed by atoms with Crippen LogP contribution in [0.1, 0.15) is 26.2 Å². The molecule has 0 spiro atoms. The molecular formula is C15H19Br2ClO2. The maximum Gasteiger partial charge on any atom is 0.0862 e. The van der Waals surface area contributed by atoms with E-state index in [1.165, 1.54) is 0 Å². The van der Waals surface area contributed by atoms with Gasteiger partial charge in [0.15, 0.2) is 0 Å². The molecule has 2 nitrogen and oxygen atoms in total. The summed E-state index contributed by atoms with van der Waals surface area (Å²) >= 11 is 13.4. The Morgan fingerprint density at radius 3 is 2.85 bits per heavy atom. The van der Waals surface area contributed by atoms with E-state index in [0.717, 1.165) is 19.3 Å². The maximum absolute atomic E-state index is 6.44. The van der Waals surface area contributed by atoms with E-state index < -0.39 is 0 Å². The maximum atomic E-state index is 6.44. The summed E-state index contributed by atoms with van der Waals surface area (Å²) in [6.07, 6.45) is 8.98. The molecule has 2 aliphatic rings. The molecule has 0 aromatic rings. The van der Waals surface area contributed by atoms with Crippen molar-refractivity contribution in [1.82, 2.24) is 0 Å². The smallest absolute Gasteiger partial charge is 0.0862 e. The number of allylic oxidation sites excluding steroid dienone is 1. The molecule has 0 aromatic carbocycles. The average Bonchev–Trinajstić information content (AvgIpc) is 2.75. The van der Waals surface area contributed by atoms with Crippen LogP contribution >= 0.6 is 43.5 Å². The summed E-state index contributed by atoms with van der Waals surface area (Å²) in [4.78, 5) is 2.01. The summed E-state index contributed by atoms with van der Waals surface area (Å²) in [7, 11) is 0. The van der Waals surface area contributed by atoms with E-state index in [1.807, 2.05) is 13.0 Å². The van der Waals surface area contributed by atoms with Crippen LogP contribution in [0.15, 0.2) is 28.9 Å². The standard InChI is InChI=1S/C15H19Br2ClO2/c1-10-4-2-6-12(17)14-9-13(18)15(20-14)8-11(19-10)5-3-7-16/h2,4-5,7,10-15H,6,8-9H2,1H3/b4-2+/t3?,10-,11-,12?,13+,14-,15+/m0/s1. The van der Waals surface area contributed by atoms with Gasteiger partial charge in [0.05, 0.1) is 29.8 Å². The lowest BCUT2D eigenvalue weighted by Crippen LogP contribution is -2.27. The second-order valence-corrected chi connectivity index (χ2v) is 7.40. The Labute approximate surface area is 142 Å². The van der Waals surface area contributed by atoms with E-state index in [2.05, 4.69) is 49.7 Å². The van der Waals surface area contributed by atoms with E-state index in [-0.39, 0.29) is 29.8 Å². The Kier molecular flexibility index (Phi) is 6.86. The first-order valence-electron chi connectivity index (χ1n) is 6.87. The number of hydrogen-bond donors (Lipinski definition) is 0. The molecule has 2 bridgehead atoms. The number of halogens is 3. The van der Waals surface area contributed by atoms with Crippen molar-refractivity contribution < 1.29 is 9.47 Å². The molecule has 5 heteroatoms. The molecule has 20 heavy (non-hydrogen) atoms. The Morgan fingerprint density at radius 1 is 1.30 bits per heavy atom. The summed E-state index contributed by atoms with van der Waals surface area (Å²) < 4.78 is 12.1. The van der Waals surface area contributed by atoms with Crippen LogP contribution in [0.5, 0.6) is 0 Å². The fourth-order valence-corrected chi connectivity index (χ4v) is 3.63. The van der Waals surface area contributed by atoms with E-state index in [9.17, 15) is 0 Å². The number of alkyl halides is 2. The monoisotopic (exact) mass is 424 g/mol. The van der Waals surface area contributed by atoms with Crippen LogP contribution in [0.3, 0.4) is 0 Å². The van der Waals surface area contributed by atoms with Gasteiger partial charge in [0.2, 0.25) is 0 Å². The molecule has 1 unspecified atom stereocenters. The van der Waals surface area contributed by atoms with Crippen molar-refractivity contribution in [3.63, 3.8) is 0 Å². The van der Waals surface area contributed by atoms with Crippen LogP contribution in [-0.2, 0) is 9.47 Å². The summed E-state index contributed by atoms with van der Waals surface area (Å²) in [5, 5.41) is 0.0474. The van der Waals surface area contributed by atoms with Crippen molar-refractivity contribution in [2.45, 2.75) is 60.8 Å². The highest BCUT2D eigenvalue weighted by atomic mass is 79.9. The largest absolute Gasteiger partial charge is 0.372 e. The minimum Gasteiger partial charge on any atom is -0.372 e. The molecule has 2 heterocycles. The zero-order valence-electron chi connectivity index (χ0n) is 11.3. The van der Waals surface area contributed by atoms with Crippen LogP contribution in [0.25, 0.3) is 0 Å². The molecular weight excluding hydrogens is 407 g/mol. The molecule has 0 amide bonds. The lowest BCUT2D eigenvalue weighted by atomic mass is 10.0. The van der Waals surface area contributed by atoms with Gasteiger partial charge >= 0.3 is 0 Å². The Balaban J connectivity index is 2.16. The Morgan fingerprint density at radius 2 is 2.10 bits per heavy atom. The van der Waals surface area contributed by atoms with Crippen molar-refractivity contribution in [3.8, 4) is 0 Å². The van der Waals surface area contributed by atoms with Gasteiger partial charge in [-0.25, -0.2) is 0 Å². The number of fused-ring (bicyclic) bond motifs is 2. The van der Waals surface area contributed by atoms with Crippen LogP contribution in [0, 0.1) is 0 Å². The van der Waals surface area contributed by atoms with E-state index >= 15 is 0 Å². The fourth-order valence-electron chi connectivity index (χ4n) is 2.58. The van der Waals surface area contributed by atoms with Gasteiger partial charge < -0.3 is 9.47 Å². The van der Waals surface area contributed by atoms with Crippen LogP contribution < -0.4 is 0 Å². The molecule has 0 radical (unpaired) electrons. The highest BCUT2D eigenvalue weighted by Gasteiger charge is 2.38. The molecule has 112 valence electrons. The Bertz CT molecular complexity index is 407. The zero-order valence-corrected chi connectivity index (χ0v) is 15.3. The number of ether oxygens (including phenoxy) is 2. The average molecular weight is 427 g/mol. The molecule has 6 atom stereocenters. The molecule has 0 aromatic heterocycles. The topological polar surface area (TPSA) is 18.5 Å². The van der Waals surface area contributed by atoms with Gasteiger partial charge in [0, 0.05) is 16.2 Å². The molecule has 0 N–H and O–H groups in total. The predicted octanol–water partition coefficient (Wildman–Crippen LogP) is 4.70. The molecule has 2 aliphatic heterocycles. The predicted molar refractivity (Wildman–Crippen MR) is 89.9 cm³/mol. The number of hydrogen-bond acceptors (Lipinski definition) is 2. The third-order valence-corrected chi connectivity index (χ3v) is 5.27. The lowest BCUT2D eigenvalue weighted by molar-refractivity contribution is -0.00956. The van der Waals surface area contributed by atoms with E-state index in [4.69, 9.17) is 21.1 Å². The third kappa shape index (κ3) is 4.72. The first kappa shape index (κ1) is 16.8. The van der Waals surface area contributed by atoms with Crippen molar-refractivity contribution in [2.75, 3.05) is 0 Å². The minimum atomic E-state index is -0.0414. The van der Waals surface area contributed by atoms with Gasteiger partial charge in [0.25, 0.3) is 0 Å². The van der Waals surface area contributed by atoms with Gasteiger partial charge in [-0.15, -0.1) is 17.3 Å². The SMILES string of the molecule is C[C@H]1/C=C/CC(Br)[C@@H]2C[C@@H](Cl)[C@@H](C[C@H](C=C=CBr)O1)O2. The highest BCUT2D eigenvalue weighted by molar-refractivity contribution is 9.11. The molecule has 0 aliphatic carbocycles. The fraction of sp³-hybridized carbons (Fsp3) is 0.667. The summed E-state index contributed by atoms with van der Waals surface area (Å²) in [5.41, 5.74) is 3.03. The van der Waals surface area contributed by atoms with Crippen molar-refractivity contribution in [1.29, 1.82) is 0 Å². The van der Waals surface area contributed by atoms with Crippen LogP contribution in [-0.4, -0.2) is 34.6 Å². The molecule has 1 fully saturated rings. The van der Waals surface area contributed by atoms with Gasteiger partial charge in [0.1, 0.15) is 0 Å². The van der Waals surface area contributed by atoms with Crippen molar-refractivity contribution >= 4 is 43.5 Å². The number of rotatable bonds is 1. The lowest BCUT2D eigenvalue weighted by Gasteiger charge is -2.22. The quantitative estimate of drug-likeness (QED) is 0.344. The normalized spacial score (nSPS) is 43.2. The van der Waals surface area contributed by atoms with Gasteiger partial charge in [-0.1, -0.05) is 44.0 Å². The van der Waals surface area contributed by atoms with Crippen molar-refractivity contribution in [2.24, 2.45) is 0 Å². The Hall–Kier alpha value is 0.430. The van der Waals surface area contributed by atoms with Gasteiger partial charge in [-0.2, -0.15) is 0 Å². The van der Waals surface area contributed by atoms with Crippen LogP contribution in [0.2, 0.25) is 0 Å². The molecule has 0 saturated carbocycles. The molecule has 2 rings (SSSR count). The van der Waals surface area contributed by atoms with Crippen LogP contribution in [0.4, 0.5) is 0 Å². The second kappa shape index (κ2) is 8.17. The third-order valence-electron chi connectivity index (χ3n) is 3.58. The van der Waals surface area contributed by atoms with Gasteiger partial charge in [-0.3, -0.25) is 0 Å². The first-order valence-corrected chi connectivity index (χ1v) is 9.14. The highest BCUT2D eigenvalue weighted by Crippen LogP contribution is 2.34. The van der Waals surface area contributed by atoms with Crippen molar-refractivity contribution in [3.05, 3.63) is 28.9 Å². The summed E-state index contributed by atoms with van der Waals surface area (Å²) in [5.74, 6) is 0. The second-order valence-electron chi connectivity index (χ2n) is 5.20. The van der Waals surface area contributed by atoms with E-state index in [0.29, 0.717) is 4.83 Å². The molecule has 1 saturated heterocycles. The zero-order chi connectivity index (χ0) is 14.5. The van der Waals surface area contributed by atoms with E-state index in [1.54, 1.807) is 4.99 Å². The first-order chi connectivity index (χ1) is 9.60. The summed E-state index contributed by atoms with van der Waals surface area (Å²) in [6.45, 7) is 2.05. The van der Waals surface area contributed by atoms with Gasteiger partial charge in [-0.05, 0) is 25.8 Å². The summed E-state index contributed by atoms with van der Waals surface area (Å²) in [6, 6.07) is 0. The minimum absolute atomic E-state index is 0.0328.